The molecule has 0 bridgehead atoms. The van der Waals surface area contributed by atoms with Gasteiger partial charge in [0.2, 0.25) is 0 Å². The third-order valence-corrected chi connectivity index (χ3v) is 11.4. The second kappa shape index (κ2) is 12.8. The molecule has 0 unspecified atom stereocenters. The summed E-state index contributed by atoms with van der Waals surface area (Å²) in [6.07, 6.45) is 0. The fourth-order valence-corrected chi connectivity index (χ4v) is 8.84. The van der Waals surface area contributed by atoms with E-state index < -0.39 is 0 Å². The molecule has 4 aromatic heterocycles. The molecule has 0 amide bonds. The first-order valence-electron chi connectivity index (χ1n) is 19.5. The molecule has 12 rings (SSSR count). The van der Waals surface area contributed by atoms with Crippen molar-refractivity contribution in [2.24, 2.45) is 0 Å². The molecule has 8 aromatic carbocycles. The molecule has 12 aromatic rings. The van der Waals surface area contributed by atoms with Crippen molar-refractivity contribution >= 4 is 65.6 Å². The number of fused-ring (bicyclic) bond motifs is 9. The molecule has 7 heteroatoms. The van der Waals surface area contributed by atoms with Gasteiger partial charge >= 0.3 is 0 Å². The third-order valence-electron chi connectivity index (χ3n) is 11.4. The normalized spacial score (nSPS) is 11.7. The highest BCUT2D eigenvalue weighted by atomic mass is 16.3. The van der Waals surface area contributed by atoms with Crippen LogP contribution in [-0.4, -0.2) is 24.1 Å². The lowest BCUT2D eigenvalue weighted by Gasteiger charge is -2.14. The van der Waals surface area contributed by atoms with Crippen LogP contribution in [0.25, 0.3) is 111 Å². The second-order valence-corrected chi connectivity index (χ2v) is 14.7. The van der Waals surface area contributed by atoms with E-state index in [0.29, 0.717) is 39.8 Å². The van der Waals surface area contributed by atoms with Gasteiger partial charge in [0.15, 0.2) is 23.1 Å². The Morgan fingerprint density at radius 2 is 0.932 bits per heavy atom. The number of para-hydroxylation sites is 4. The first-order valence-corrected chi connectivity index (χ1v) is 19.5. The number of rotatable bonds is 5. The van der Waals surface area contributed by atoms with Gasteiger partial charge in [0.05, 0.1) is 39.4 Å². The standard InChI is InChI=1S/C52H30N6O/c53-31-34-28-45(58-42-26-14-11-23-37(42)40-29-43-39(30-44(40)58)36-22-10-13-25-41(36)57(43)35-20-8-3-9-21-35)49-48(38-24-12-15-27-46(38)59-49)47(34)52-55-50(32-16-4-1-5-17-32)54-51(56-52)33-18-6-2-7-19-33/h1-30H. The Kier molecular flexibility index (Phi) is 7.16. The number of aromatic nitrogens is 5. The zero-order valence-corrected chi connectivity index (χ0v) is 31.4. The van der Waals surface area contributed by atoms with E-state index in [1.54, 1.807) is 0 Å². The van der Waals surface area contributed by atoms with E-state index in [0.717, 1.165) is 76.9 Å². The Labute approximate surface area is 337 Å². The van der Waals surface area contributed by atoms with Crippen molar-refractivity contribution in [2.75, 3.05) is 0 Å². The van der Waals surface area contributed by atoms with E-state index in [2.05, 4.69) is 100 Å². The summed E-state index contributed by atoms with van der Waals surface area (Å²) in [6, 6.07) is 64.4. The molecule has 0 fully saturated rings. The molecule has 0 aliphatic rings. The van der Waals surface area contributed by atoms with Crippen LogP contribution in [0.2, 0.25) is 0 Å². The van der Waals surface area contributed by atoms with E-state index in [1.165, 1.54) is 0 Å². The van der Waals surface area contributed by atoms with Crippen LogP contribution in [0.3, 0.4) is 0 Å². The monoisotopic (exact) mass is 754 g/mol. The third kappa shape index (κ3) is 4.97. The first-order chi connectivity index (χ1) is 29.2. The van der Waals surface area contributed by atoms with Crippen molar-refractivity contribution in [2.45, 2.75) is 0 Å². The van der Waals surface area contributed by atoms with Gasteiger partial charge in [-0.3, -0.25) is 0 Å². The summed E-state index contributed by atoms with van der Waals surface area (Å²) in [5.74, 6) is 1.43. The molecule has 7 nitrogen and oxygen atoms in total. The molecule has 0 saturated carbocycles. The summed E-state index contributed by atoms with van der Waals surface area (Å²) >= 11 is 0. The minimum atomic E-state index is 0.398. The number of nitriles is 1. The predicted molar refractivity (Wildman–Crippen MR) is 237 cm³/mol. The lowest BCUT2D eigenvalue weighted by Crippen LogP contribution is -2.03. The topological polar surface area (TPSA) is 85.5 Å². The smallest absolute Gasteiger partial charge is 0.166 e. The van der Waals surface area contributed by atoms with Gasteiger partial charge in [-0.25, -0.2) is 15.0 Å². The van der Waals surface area contributed by atoms with Gasteiger partial charge in [0.25, 0.3) is 0 Å². The Morgan fingerprint density at radius 3 is 1.54 bits per heavy atom. The average molecular weight is 755 g/mol. The van der Waals surface area contributed by atoms with E-state index in [1.807, 2.05) is 97.1 Å². The van der Waals surface area contributed by atoms with Gasteiger partial charge < -0.3 is 13.6 Å². The van der Waals surface area contributed by atoms with E-state index in [-0.39, 0.29) is 0 Å². The van der Waals surface area contributed by atoms with Crippen LogP contribution in [0.1, 0.15) is 5.56 Å². The van der Waals surface area contributed by atoms with Crippen molar-refractivity contribution < 1.29 is 4.42 Å². The number of hydrogen-bond acceptors (Lipinski definition) is 5. The van der Waals surface area contributed by atoms with Gasteiger partial charge in [-0.15, -0.1) is 0 Å². The molecule has 0 atom stereocenters. The highest BCUT2D eigenvalue weighted by Gasteiger charge is 2.27. The number of hydrogen-bond donors (Lipinski definition) is 0. The Morgan fingerprint density at radius 1 is 0.441 bits per heavy atom. The van der Waals surface area contributed by atoms with Crippen molar-refractivity contribution in [3.63, 3.8) is 0 Å². The molecule has 0 spiro atoms. The zero-order chi connectivity index (χ0) is 39.0. The van der Waals surface area contributed by atoms with Crippen LogP contribution >= 0.6 is 0 Å². The van der Waals surface area contributed by atoms with Crippen LogP contribution in [-0.2, 0) is 0 Å². The van der Waals surface area contributed by atoms with Crippen LogP contribution in [0.4, 0.5) is 0 Å². The summed E-state index contributed by atoms with van der Waals surface area (Å²) in [7, 11) is 0. The molecule has 274 valence electrons. The van der Waals surface area contributed by atoms with Crippen molar-refractivity contribution in [3.8, 4) is 51.6 Å². The van der Waals surface area contributed by atoms with Crippen LogP contribution in [0, 0.1) is 11.3 Å². The van der Waals surface area contributed by atoms with Gasteiger partial charge in [-0.05, 0) is 48.5 Å². The molecule has 0 N–H and O–H groups in total. The van der Waals surface area contributed by atoms with E-state index >= 15 is 0 Å². The maximum absolute atomic E-state index is 11.2. The molecule has 0 radical (unpaired) electrons. The second-order valence-electron chi connectivity index (χ2n) is 14.7. The minimum Gasteiger partial charge on any atom is -0.454 e. The molecule has 0 aliphatic carbocycles. The van der Waals surface area contributed by atoms with Crippen molar-refractivity contribution in [3.05, 3.63) is 188 Å². The van der Waals surface area contributed by atoms with Gasteiger partial charge in [-0.2, -0.15) is 5.26 Å². The Balaban J connectivity index is 1.20. The van der Waals surface area contributed by atoms with Crippen molar-refractivity contribution in [1.82, 2.24) is 24.1 Å². The van der Waals surface area contributed by atoms with Crippen LogP contribution in [0.5, 0.6) is 0 Å². The van der Waals surface area contributed by atoms with Gasteiger partial charge in [0, 0.05) is 54.7 Å². The molecule has 0 saturated heterocycles. The van der Waals surface area contributed by atoms with Crippen LogP contribution in [0.15, 0.2) is 186 Å². The SMILES string of the molecule is N#Cc1cc(-n2c3ccccc3c3cc4c(cc32)c2ccccc2n4-c2ccccc2)c2oc3ccccc3c2c1-c1nc(-c2ccccc2)nc(-c2ccccc2)n1. The zero-order valence-electron chi connectivity index (χ0n) is 31.4. The predicted octanol–water partition coefficient (Wildman–Crippen LogP) is 12.8. The Hall–Kier alpha value is -8.34. The largest absolute Gasteiger partial charge is 0.454 e. The number of benzene rings is 8. The fourth-order valence-electron chi connectivity index (χ4n) is 8.84. The lowest BCUT2D eigenvalue weighted by molar-refractivity contribution is 0.666. The summed E-state index contributed by atoms with van der Waals surface area (Å²) in [4.78, 5) is 15.2. The highest BCUT2D eigenvalue weighted by Crippen LogP contribution is 2.45. The minimum absolute atomic E-state index is 0.398. The summed E-state index contributed by atoms with van der Waals surface area (Å²) in [5, 5.41) is 17.3. The number of furan rings is 1. The van der Waals surface area contributed by atoms with Gasteiger partial charge in [0.1, 0.15) is 5.58 Å². The quantitative estimate of drug-likeness (QED) is 0.175. The summed E-state index contributed by atoms with van der Waals surface area (Å²) in [5.41, 5.74) is 10.2. The molecule has 59 heavy (non-hydrogen) atoms. The molecular weight excluding hydrogens is 725 g/mol. The van der Waals surface area contributed by atoms with E-state index in [9.17, 15) is 5.26 Å². The maximum atomic E-state index is 11.2. The molecule has 0 aliphatic heterocycles. The number of nitrogens with zero attached hydrogens (tertiary/aromatic N) is 6. The summed E-state index contributed by atoms with van der Waals surface area (Å²) < 4.78 is 11.5. The maximum Gasteiger partial charge on any atom is 0.166 e. The summed E-state index contributed by atoms with van der Waals surface area (Å²) in [6.45, 7) is 0. The van der Waals surface area contributed by atoms with Gasteiger partial charge in [-0.1, -0.05) is 133 Å². The lowest BCUT2D eigenvalue weighted by atomic mass is 9.98. The Bertz CT molecular complexity index is 3610. The average Bonchev–Trinajstić information content (AvgIpc) is 3.96. The molecular formula is C52H30N6O. The van der Waals surface area contributed by atoms with E-state index in [4.69, 9.17) is 19.4 Å². The fraction of sp³-hybridized carbons (Fsp3) is 0. The molecule has 4 heterocycles. The van der Waals surface area contributed by atoms with Crippen LogP contribution < -0.4 is 0 Å². The highest BCUT2D eigenvalue weighted by molar-refractivity contribution is 6.21. The first kappa shape index (κ1) is 32.9. The van der Waals surface area contributed by atoms with Crippen molar-refractivity contribution in [1.29, 1.82) is 5.26 Å².